The van der Waals surface area contributed by atoms with E-state index in [-0.39, 0.29) is 20.1 Å². The minimum absolute atomic E-state index is 0. The minimum atomic E-state index is 0. The van der Waals surface area contributed by atoms with Gasteiger partial charge in [0.2, 0.25) is 0 Å². The molecule has 0 aliphatic carbocycles. The van der Waals surface area contributed by atoms with Crippen LogP contribution in [0, 0.1) is 19.1 Å². The summed E-state index contributed by atoms with van der Waals surface area (Å²) >= 11 is 0. The van der Waals surface area contributed by atoms with Gasteiger partial charge < -0.3 is 9.97 Å². The van der Waals surface area contributed by atoms with Crippen molar-refractivity contribution in [2.45, 2.75) is 13.3 Å². The molecule has 2 nitrogen and oxygen atoms in total. The Balaban J connectivity index is 0.000000192. The van der Waals surface area contributed by atoms with Crippen molar-refractivity contribution < 1.29 is 20.1 Å². The maximum Gasteiger partial charge on any atom is 0.0190 e. The fourth-order valence-corrected chi connectivity index (χ4v) is 3.30. The van der Waals surface area contributed by atoms with Crippen LogP contribution in [0.2, 0.25) is 0 Å². The normalized spacial score (nSPS) is 9.85. The molecule has 165 valence electrons. The Bertz CT molecular complexity index is 1220. The molecule has 0 N–H and O–H groups in total. The SMILES string of the molecule is Cc1ccc(-c2[c-]cccc2)nc1.[Ir].[c-]1ccccc1-c1cc(Cc2ccccc2)ccn1. The molecule has 33 heavy (non-hydrogen) atoms. The van der Waals surface area contributed by atoms with Gasteiger partial charge in [0.05, 0.1) is 0 Å². The van der Waals surface area contributed by atoms with Crippen LogP contribution >= 0.6 is 0 Å². The summed E-state index contributed by atoms with van der Waals surface area (Å²) in [6.07, 6.45) is 4.67. The van der Waals surface area contributed by atoms with E-state index < -0.39 is 0 Å². The van der Waals surface area contributed by atoms with Crippen molar-refractivity contribution in [3.05, 3.63) is 144 Å². The zero-order valence-corrected chi connectivity index (χ0v) is 20.8. The Morgan fingerprint density at radius 1 is 0.636 bits per heavy atom. The van der Waals surface area contributed by atoms with Crippen molar-refractivity contribution in [3.8, 4) is 22.5 Å². The predicted molar refractivity (Wildman–Crippen MR) is 131 cm³/mol. The third kappa shape index (κ3) is 7.32. The van der Waals surface area contributed by atoms with E-state index in [1.54, 1.807) is 0 Å². The maximum absolute atomic E-state index is 4.42. The number of pyridine rings is 2. The Hall–Kier alpha value is -3.39. The van der Waals surface area contributed by atoms with Gasteiger partial charge in [-0.25, -0.2) is 0 Å². The summed E-state index contributed by atoms with van der Waals surface area (Å²) in [7, 11) is 0. The van der Waals surface area contributed by atoms with Gasteiger partial charge in [0.15, 0.2) is 0 Å². The standard InChI is InChI=1S/C18H14N.C12H10N.Ir/c1-3-7-15(8-4-1)13-16-11-12-19-18(14-16)17-9-5-2-6-10-17;1-10-7-8-12(13-9-10)11-5-3-2-4-6-11;/h1-9,11-12,14H,13H2;2-5,7-9H,1H3;/q2*-1;. The van der Waals surface area contributed by atoms with E-state index in [4.69, 9.17) is 0 Å². The van der Waals surface area contributed by atoms with Gasteiger partial charge in [-0.05, 0) is 47.5 Å². The molecule has 2 heterocycles. The molecule has 5 aromatic rings. The van der Waals surface area contributed by atoms with Gasteiger partial charge in [-0.1, -0.05) is 48.5 Å². The van der Waals surface area contributed by atoms with Gasteiger partial charge in [-0.15, -0.1) is 71.8 Å². The number of rotatable bonds is 4. The second kappa shape index (κ2) is 12.6. The van der Waals surface area contributed by atoms with E-state index in [0.29, 0.717) is 0 Å². The Morgan fingerprint density at radius 3 is 1.91 bits per heavy atom. The van der Waals surface area contributed by atoms with Gasteiger partial charge in [0.1, 0.15) is 0 Å². The summed E-state index contributed by atoms with van der Waals surface area (Å²) in [5.74, 6) is 0. The molecule has 0 amide bonds. The summed E-state index contributed by atoms with van der Waals surface area (Å²) < 4.78 is 0. The molecular weight excluding hydrogens is 581 g/mol. The zero-order valence-electron chi connectivity index (χ0n) is 18.4. The van der Waals surface area contributed by atoms with Crippen molar-refractivity contribution in [2.75, 3.05) is 0 Å². The largest absolute Gasteiger partial charge is 0.305 e. The minimum Gasteiger partial charge on any atom is -0.305 e. The van der Waals surface area contributed by atoms with Gasteiger partial charge in [0, 0.05) is 32.5 Å². The molecule has 0 saturated heterocycles. The number of nitrogens with zero attached hydrogens (tertiary/aromatic N) is 2. The van der Waals surface area contributed by atoms with Gasteiger partial charge in [0.25, 0.3) is 0 Å². The number of hydrogen-bond acceptors (Lipinski definition) is 2. The van der Waals surface area contributed by atoms with Crippen LogP contribution in [-0.4, -0.2) is 9.97 Å². The van der Waals surface area contributed by atoms with E-state index >= 15 is 0 Å². The van der Waals surface area contributed by atoms with Crippen LogP contribution in [-0.2, 0) is 26.5 Å². The van der Waals surface area contributed by atoms with Gasteiger partial charge in [-0.3, -0.25) is 0 Å². The van der Waals surface area contributed by atoms with Crippen molar-refractivity contribution in [1.82, 2.24) is 9.97 Å². The molecule has 2 aromatic heterocycles. The molecule has 5 rings (SSSR count). The van der Waals surface area contributed by atoms with E-state index in [2.05, 4.69) is 64.6 Å². The summed E-state index contributed by atoms with van der Waals surface area (Å²) in [6, 6.07) is 40.9. The summed E-state index contributed by atoms with van der Waals surface area (Å²) in [4.78, 5) is 8.74. The van der Waals surface area contributed by atoms with E-state index in [1.165, 1.54) is 16.7 Å². The van der Waals surface area contributed by atoms with Crippen molar-refractivity contribution in [3.63, 3.8) is 0 Å². The average molecular weight is 605 g/mol. The molecule has 0 unspecified atom stereocenters. The molecule has 0 atom stereocenters. The first-order valence-electron chi connectivity index (χ1n) is 10.6. The first-order chi connectivity index (χ1) is 15.8. The number of aromatic nitrogens is 2. The van der Waals surface area contributed by atoms with Crippen molar-refractivity contribution in [2.24, 2.45) is 0 Å². The Morgan fingerprint density at radius 2 is 1.30 bits per heavy atom. The Kier molecular flexibility index (Phi) is 9.26. The number of benzene rings is 3. The quantitative estimate of drug-likeness (QED) is 0.207. The zero-order chi connectivity index (χ0) is 22.0. The van der Waals surface area contributed by atoms with Crippen LogP contribution in [0.25, 0.3) is 22.5 Å². The average Bonchev–Trinajstić information content (AvgIpc) is 2.87. The molecule has 0 aliphatic rings. The molecule has 0 spiro atoms. The number of hydrogen-bond donors (Lipinski definition) is 0. The molecule has 3 heteroatoms. The molecule has 0 saturated carbocycles. The van der Waals surface area contributed by atoms with Crippen molar-refractivity contribution >= 4 is 0 Å². The van der Waals surface area contributed by atoms with Gasteiger partial charge in [-0.2, -0.15) is 0 Å². The van der Waals surface area contributed by atoms with Crippen LogP contribution in [0.15, 0.2) is 116 Å². The summed E-state index contributed by atoms with van der Waals surface area (Å²) in [6.45, 7) is 2.03. The van der Waals surface area contributed by atoms with Crippen molar-refractivity contribution in [1.29, 1.82) is 0 Å². The van der Waals surface area contributed by atoms with E-state index in [1.807, 2.05) is 80.0 Å². The smallest absolute Gasteiger partial charge is 0.0190 e. The predicted octanol–water partition coefficient (Wildman–Crippen LogP) is 6.99. The Labute approximate surface area is 209 Å². The van der Waals surface area contributed by atoms with Crippen LogP contribution in [0.4, 0.5) is 0 Å². The monoisotopic (exact) mass is 605 g/mol. The summed E-state index contributed by atoms with van der Waals surface area (Å²) in [5.41, 5.74) is 7.81. The molecule has 1 radical (unpaired) electrons. The first kappa shape index (κ1) is 24.3. The third-order valence-electron chi connectivity index (χ3n) is 4.96. The second-order valence-corrected chi connectivity index (χ2v) is 7.48. The molecular formula is C30H24IrN2-2. The molecule has 0 fully saturated rings. The van der Waals surface area contributed by atoms with Crippen LogP contribution < -0.4 is 0 Å². The van der Waals surface area contributed by atoms with Crippen LogP contribution in [0.3, 0.4) is 0 Å². The third-order valence-corrected chi connectivity index (χ3v) is 4.96. The van der Waals surface area contributed by atoms with Crippen LogP contribution in [0.1, 0.15) is 16.7 Å². The molecule has 3 aromatic carbocycles. The first-order valence-corrected chi connectivity index (χ1v) is 10.6. The van der Waals surface area contributed by atoms with Crippen LogP contribution in [0.5, 0.6) is 0 Å². The maximum atomic E-state index is 4.42. The van der Waals surface area contributed by atoms with E-state index in [0.717, 1.165) is 28.9 Å². The number of aryl methyl sites for hydroxylation is 1. The molecule has 0 aliphatic heterocycles. The van der Waals surface area contributed by atoms with Gasteiger partial charge >= 0.3 is 0 Å². The van der Waals surface area contributed by atoms with E-state index in [9.17, 15) is 0 Å². The second-order valence-electron chi connectivity index (χ2n) is 7.48. The topological polar surface area (TPSA) is 25.8 Å². The molecule has 0 bridgehead atoms. The fraction of sp³-hybridized carbons (Fsp3) is 0.0667. The fourth-order valence-electron chi connectivity index (χ4n) is 3.30. The summed E-state index contributed by atoms with van der Waals surface area (Å²) in [5, 5.41) is 0.